The molecule has 0 atom stereocenters. The molecule has 0 fully saturated rings. The zero-order chi connectivity index (χ0) is 21.1. The van der Waals surface area contributed by atoms with Gasteiger partial charge in [0.2, 0.25) is 0 Å². The Morgan fingerprint density at radius 1 is 0.967 bits per heavy atom. The first-order chi connectivity index (χ1) is 14.6. The van der Waals surface area contributed by atoms with Crippen molar-refractivity contribution in [3.05, 3.63) is 101 Å². The van der Waals surface area contributed by atoms with Gasteiger partial charge >= 0.3 is 0 Å². The molecule has 0 aliphatic rings. The van der Waals surface area contributed by atoms with Gasteiger partial charge in [-0.1, -0.05) is 55.5 Å². The first-order valence-electron chi connectivity index (χ1n) is 10.2. The van der Waals surface area contributed by atoms with Crippen LogP contribution < -0.4 is 5.43 Å². The van der Waals surface area contributed by atoms with Crippen LogP contribution in [0.15, 0.2) is 77.9 Å². The van der Waals surface area contributed by atoms with E-state index in [1.54, 1.807) is 6.21 Å². The van der Waals surface area contributed by atoms with E-state index in [-0.39, 0.29) is 5.91 Å². The Morgan fingerprint density at radius 2 is 1.70 bits per heavy atom. The number of benzene rings is 3. The van der Waals surface area contributed by atoms with Crippen LogP contribution >= 0.6 is 0 Å². The maximum absolute atomic E-state index is 12.5. The van der Waals surface area contributed by atoms with E-state index < -0.39 is 0 Å². The van der Waals surface area contributed by atoms with Gasteiger partial charge < -0.3 is 4.57 Å². The molecule has 0 bridgehead atoms. The number of carbonyl (C=O) groups is 1. The van der Waals surface area contributed by atoms with E-state index in [4.69, 9.17) is 0 Å². The quantitative estimate of drug-likeness (QED) is 0.348. The van der Waals surface area contributed by atoms with Crippen molar-refractivity contribution >= 4 is 22.9 Å². The molecule has 1 N–H and O–H groups in total. The zero-order valence-corrected chi connectivity index (χ0v) is 17.5. The summed E-state index contributed by atoms with van der Waals surface area (Å²) >= 11 is 0. The van der Waals surface area contributed by atoms with Gasteiger partial charge in [-0.05, 0) is 60.9 Å². The Hall–Kier alpha value is -3.66. The van der Waals surface area contributed by atoms with Crippen LogP contribution in [0, 0.1) is 13.8 Å². The van der Waals surface area contributed by atoms with Gasteiger partial charge in [0.1, 0.15) is 0 Å². The minimum atomic E-state index is -0.220. The summed E-state index contributed by atoms with van der Waals surface area (Å²) in [5.74, 6) is -0.220. The molecule has 150 valence electrons. The summed E-state index contributed by atoms with van der Waals surface area (Å²) in [5.41, 5.74) is 8.94. The Kier molecular flexibility index (Phi) is 5.48. The highest BCUT2D eigenvalue weighted by molar-refractivity contribution is 5.99. The third-order valence-electron chi connectivity index (χ3n) is 5.47. The summed E-state index contributed by atoms with van der Waals surface area (Å²) < 4.78 is 2.24. The molecule has 0 unspecified atom stereocenters. The Bertz CT molecular complexity index is 1250. The normalized spacial score (nSPS) is 11.3. The van der Waals surface area contributed by atoms with E-state index in [0.29, 0.717) is 5.56 Å². The van der Waals surface area contributed by atoms with Gasteiger partial charge in [-0.25, -0.2) is 5.43 Å². The molecule has 1 amide bonds. The second kappa shape index (κ2) is 8.37. The second-order valence-corrected chi connectivity index (χ2v) is 7.41. The zero-order valence-electron chi connectivity index (χ0n) is 17.5. The van der Waals surface area contributed by atoms with Crippen LogP contribution in [0.2, 0.25) is 0 Å². The molecule has 0 aliphatic heterocycles. The number of rotatable bonds is 5. The highest BCUT2D eigenvalue weighted by Gasteiger charge is 2.12. The predicted octanol–water partition coefficient (Wildman–Crippen LogP) is 5.57. The fourth-order valence-electron chi connectivity index (χ4n) is 3.87. The first kappa shape index (κ1) is 19.6. The standard InChI is InChI=1S/C26H25N3O/c1-4-20-9-7-8-12-25(20)29-18(2)15-24(19(29)3)17-27-28-26(30)23-14-13-21-10-5-6-11-22(21)16-23/h5-17H,4H2,1-3H3,(H,28,30)/b27-17+. The number of nitrogens with one attached hydrogen (secondary N) is 1. The van der Waals surface area contributed by atoms with E-state index in [2.05, 4.69) is 66.2 Å². The summed E-state index contributed by atoms with van der Waals surface area (Å²) in [6, 6.07) is 24.2. The molecule has 0 saturated heterocycles. The molecular formula is C26H25N3O. The lowest BCUT2D eigenvalue weighted by atomic mass is 10.1. The number of aromatic nitrogens is 1. The first-order valence-corrected chi connectivity index (χ1v) is 10.2. The van der Waals surface area contributed by atoms with Crippen LogP contribution in [0.5, 0.6) is 0 Å². The molecule has 1 aromatic heterocycles. The number of amides is 1. The second-order valence-electron chi connectivity index (χ2n) is 7.41. The van der Waals surface area contributed by atoms with Crippen molar-refractivity contribution in [2.24, 2.45) is 5.10 Å². The molecule has 0 radical (unpaired) electrons. The Labute approximate surface area is 176 Å². The van der Waals surface area contributed by atoms with E-state index in [0.717, 1.165) is 34.1 Å². The molecule has 0 saturated carbocycles. The van der Waals surface area contributed by atoms with Gasteiger partial charge in [-0.15, -0.1) is 0 Å². The van der Waals surface area contributed by atoms with Crippen molar-refractivity contribution in [2.75, 3.05) is 0 Å². The molecule has 30 heavy (non-hydrogen) atoms. The third kappa shape index (κ3) is 3.77. The van der Waals surface area contributed by atoms with Crippen molar-refractivity contribution in [2.45, 2.75) is 27.2 Å². The van der Waals surface area contributed by atoms with Crippen molar-refractivity contribution < 1.29 is 4.79 Å². The molecule has 1 heterocycles. The molecule has 4 nitrogen and oxygen atoms in total. The summed E-state index contributed by atoms with van der Waals surface area (Å²) in [6.07, 6.45) is 2.69. The lowest BCUT2D eigenvalue weighted by Gasteiger charge is -2.13. The van der Waals surface area contributed by atoms with Crippen molar-refractivity contribution in [3.63, 3.8) is 0 Å². The fourth-order valence-corrected chi connectivity index (χ4v) is 3.87. The third-order valence-corrected chi connectivity index (χ3v) is 5.47. The fraction of sp³-hybridized carbons (Fsp3) is 0.154. The highest BCUT2D eigenvalue weighted by atomic mass is 16.2. The van der Waals surface area contributed by atoms with Gasteiger partial charge in [0, 0.05) is 28.2 Å². The van der Waals surface area contributed by atoms with E-state index >= 15 is 0 Å². The number of hydrazone groups is 1. The summed E-state index contributed by atoms with van der Waals surface area (Å²) in [6.45, 7) is 6.33. The molecule has 3 aromatic carbocycles. The topological polar surface area (TPSA) is 46.4 Å². The summed E-state index contributed by atoms with van der Waals surface area (Å²) in [4.78, 5) is 12.5. The monoisotopic (exact) mass is 395 g/mol. The van der Waals surface area contributed by atoms with E-state index in [1.165, 1.54) is 11.3 Å². The van der Waals surface area contributed by atoms with E-state index in [9.17, 15) is 4.79 Å². The maximum Gasteiger partial charge on any atom is 0.271 e. The Morgan fingerprint density at radius 3 is 2.50 bits per heavy atom. The van der Waals surface area contributed by atoms with Crippen molar-refractivity contribution in [3.8, 4) is 5.69 Å². The van der Waals surface area contributed by atoms with Crippen LogP contribution in [0.25, 0.3) is 16.5 Å². The summed E-state index contributed by atoms with van der Waals surface area (Å²) in [7, 11) is 0. The van der Waals surface area contributed by atoms with Gasteiger partial charge in [-0.3, -0.25) is 4.79 Å². The van der Waals surface area contributed by atoms with E-state index in [1.807, 2.05) is 42.5 Å². The van der Waals surface area contributed by atoms with Crippen molar-refractivity contribution in [1.29, 1.82) is 0 Å². The van der Waals surface area contributed by atoms with Crippen LogP contribution in [0.4, 0.5) is 0 Å². The number of hydrogen-bond donors (Lipinski definition) is 1. The minimum Gasteiger partial charge on any atom is -0.318 e. The molecular weight excluding hydrogens is 370 g/mol. The lowest BCUT2D eigenvalue weighted by Crippen LogP contribution is -2.17. The predicted molar refractivity (Wildman–Crippen MR) is 124 cm³/mol. The van der Waals surface area contributed by atoms with Gasteiger partial charge in [0.25, 0.3) is 5.91 Å². The molecule has 0 aliphatic carbocycles. The Balaban J connectivity index is 1.55. The molecule has 4 heteroatoms. The number of nitrogens with zero attached hydrogens (tertiary/aromatic N) is 2. The lowest BCUT2D eigenvalue weighted by molar-refractivity contribution is 0.0955. The van der Waals surface area contributed by atoms with Crippen LogP contribution in [0.1, 0.15) is 39.8 Å². The largest absolute Gasteiger partial charge is 0.318 e. The average Bonchev–Trinajstić information content (AvgIpc) is 3.06. The number of carbonyl (C=O) groups excluding carboxylic acids is 1. The summed E-state index contributed by atoms with van der Waals surface area (Å²) in [5, 5.41) is 6.35. The van der Waals surface area contributed by atoms with Crippen molar-refractivity contribution in [1.82, 2.24) is 9.99 Å². The van der Waals surface area contributed by atoms with Crippen LogP contribution in [0.3, 0.4) is 0 Å². The van der Waals surface area contributed by atoms with Gasteiger partial charge in [0.05, 0.1) is 6.21 Å². The smallest absolute Gasteiger partial charge is 0.271 e. The number of aryl methyl sites for hydroxylation is 2. The van der Waals surface area contributed by atoms with Gasteiger partial charge in [-0.2, -0.15) is 5.10 Å². The SMILES string of the molecule is CCc1ccccc1-n1c(C)cc(/C=N/NC(=O)c2ccc3ccccc3c2)c1C. The maximum atomic E-state index is 12.5. The minimum absolute atomic E-state index is 0.220. The molecule has 4 aromatic rings. The average molecular weight is 396 g/mol. The van der Waals surface area contributed by atoms with Gasteiger partial charge in [0.15, 0.2) is 0 Å². The number of fused-ring (bicyclic) bond motifs is 1. The molecule has 4 rings (SSSR count). The number of para-hydroxylation sites is 1. The highest BCUT2D eigenvalue weighted by Crippen LogP contribution is 2.23. The van der Waals surface area contributed by atoms with Crippen LogP contribution in [-0.4, -0.2) is 16.7 Å². The number of hydrogen-bond acceptors (Lipinski definition) is 2. The molecule has 0 spiro atoms. The van der Waals surface area contributed by atoms with Crippen LogP contribution in [-0.2, 0) is 6.42 Å².